The summed E-state index contributed by atoms with van der Waals surface area (Å²) in [4.78, 5) is 36.3. The van der Waals surface area contributed by atoms with Crippen molar-refractivity contribution in [3.63, 3.8) is 0 Å². The number of ketones is 1. The fourth-order valence-electron chi connectivity index (χ4n) is 3.97. The monoisotopic (exact) mass is 298 g/mol. The molecule has 1 aliphatic carbocycles. The second-order valence-electron chi connectivity index (χ2n) is 5.98. The Bertz CT molecular complexity index is 447. The van der Waals surface area contributed by atoms with Gasteiger partial charge in [0.15, 0.2) is 11.3 Å². The van der Waals surface area contributed by atoms with Crippen molar-refractivity contribution in [1.29, 1.82) is 0 Å². The van der Waals surface area contributed by atoms with Crippen LogP contribution in [0.15, 0.2) is 0 Å². The Hall–Kier alpha value is -1.47. The van der Waals surface area contributed by atoms with Crippen LogP contribution in [-0.4, -0.2) is 58.0 Å². The molecule has 0 aromatic rings. The molecule has 2 atom stereocenters. The van der Waals surface area contributed by atoms with E-state index >= 15 is 0 Å². The van der Waals surface area contributed by atoms with Crippen LogP contribution < -0.4 is 5.73 Å². The Morgan fingerprint density at radius 3 is 2.24 bits per heavy atom. The molecule has 21 heavy (non-hydrogen) atoms. The fourth-order valence-corrected chi connectivity index (χ4v) is 3.97. The number of hydrogen-bond donors (Lipinski definition) is 3. The van der Waals surface area contributed by atoms with E-state index in [-0.39, 0.29) is 18.4 Å². The van der Waals surface area contributed by atoms with Crippen molar-refractivity contribution >= 4 is 17.7 Å². The molecule has 2 aliphatic rings. The molecular formula is C14H22N2O5. The van der Waals surface area contributed by atoms with E-state index in [0.717, 1.165) is 32.1 Å². The van der Waals surface area contributed by atoms with E-state index in [1.165, 1.54) is 4.90 Å². The van der Waals surface area contributed by atoms with Crippen LogP contribution in [0.1, 0.15) is 32.1 Å². The smallest absolute Gasteiger partial charge is 0.332 e. The van der Waals surface area contributed by atoms with Gasteiger partial charge < -0.3 is 15.9 Å². The highest BCUT2D eigenvalue weighted by Crippen LogP contribution is 2.46. The first-order valence-corrected chi connectivity index (χ1v) is 7.38. The van der Waals surface area contributed by atoms with Crippen LogP contribution in [0.5, 0.6) is 0 Å². The Morgan fingerprint density at radius 2 is 1.76 bits per heavy atom. The molecule has 0 spiro atoms. The highest BCUT2D eigenvalue weighted by molar-refractivity contribution is 6.10. The van der Waals surface area contributed by atoms with Crippen molar-refractivity contribution in [3.05, 3.63) is 0 Å². The van der Waals surface area contributed by atoms with E-state index in [4.69, 9.17) is 10.8 Å². The van der Waals surface area contributed by atoms with Crippen molar-refractivity contribution in [2.75, 3.05) is 19.6 Å². The molecular weight excluding hydrogens is 276 g/mol. The predicted octanol–water partition coefficient (Wildman–Crippen LogP) is -0.0657. The number of carboxylic acids is 2. The van der Waals surface area contributed by atoms with Gasteiger partial charge in [-0.3, -0.25) is 14.5 Å². The van der Waals surface area contributed by atoms with Gasteiger partial charge in [-0.2, -0.15) is 0 Å². The van der Waals surface area contributed by atoms with Gasteiger partial charge in [-0.05, 0) is 5.92 Å². The Labute approximate surface area is 123 Å². The van der Waals surface area contributed by atoms with Crippen LogP contribution in [0.25, 0.3) is 0 Å². The number of nitrogens with two attached hydrogens (primary N) is 1. The average Bonchev–Trinajstić information content (AvgIpc) is 2.43. The lowest BCUT2D eigenvalue weighted by Gasteiger charge is -2.57. The molecule has 0 amide bonds. The van der Waals surface area contributed by atoms with Crippen LogP contribution in [-0.2, 0) is 14.4 Å². The van der Waals surface area contributed by atoms with Crippen LogP contribution in [0.3, 0.4) is 0 Å². The Kier molecular flexibility index (Phi) is 4.63. The number of carbonyl (C=O) groups is 3. The van der Waals surface area contributed by atoms with Crippen molar-refractivity contribution in [1.82, 2.24) is 4.90 Å². The third-order valence-electron chi connectivity index (χ3n) is 4.93. The molecule has 2 rings (SSSR count). The highest BCUT2D eigenvalue weighted by atomic mass is 16.4. The maximum atomic E-state index is 12.3. The summed E-state index contributed by atoms with van der Waals surface area (Å²) in [6, 6.07) is 0. The molecule has 0 aromatic carbocycles. The number of aliphatic carboxylic acids is 2. The fraction of sp³-hybridized carbons (Fsp3) is 0.786. The van der Waals surface area contributed by atoms with Gasteiger partial charge in [0.1, 0.15) is 0 Å². The zero-order chi connectivity index (χ0) is 15.6. The topological polar surface area (TPSA) is 121 Å². The van der Waals surface area contributed by atoms with E-state index < -0.39 is 29.8 Å². The van der Waals surface area contributed by atoms with Crippen molar-refractivity contribution in [2.24, 2.45) is 17.6 Å². The lowest BCUT2D eigenvalue weighted by Crippen LogP contribution is -2.78. The lowest BCUT2D eigenvalue weighted by atomic mass is 9.62. The van der Waals surface area contributed by atoms with Crippen LogP contribution >= 0.6 is 0 Å². The van der Waals surface area contributed by atoms with Gasteiger partial charge in [0.25, 0.3) is 0 Å². The second kappa shape index (κ2) is 6.11. The van der Waals surface area contributed by atoms with E-state index in [2.05, 4.69) is 0 Å². The first kappa shape index (κ1) is 15.9. The van der Waals surface area contributed by atoms with E-state index in [1.54, 1.807) is 0 Å². The minimum Gasteiger partial charge on any atom is -0.480 e. The lowest BCUT2D eigenvalue weighted by molar-refractivity contribution is -0.186. The van der Waals surface area contributed by atoms with Crippen molar-refractivity contribution in [2.45, 2.75) is 37.6 Å². The summed E-state index contributed by atoms with van der Waals surface area (Å²) < 4.78 is 0. The van der Waals surface area contributed by atoms with Crippen molar-refractivity contribution < 1.29 is 24.6 Å². The minimum atomic E-state index is -1.74. The summed E-state index contributed by atoms with van der Waals surface area (Å²) in [5.74, 6) is -3.15. The SMILES string of the molecule is NCC(=O)C1(C(=O)O)C(C2CCCCC2)CN1CC(=O)O. The molecule has 7 heteroatoms. The maximum absolute atomic E-state index is 12.3. The van der Waals surface area contributed by atoms with Gasteiger partial charge in [-0.1, -0.05) is 32.1 Å². The minimum absolute atomic E-state index is 0.162. The maximum Gasteiger partial charge on any atom is 0.332 e. The van der Waals surface area contributed by atoms with Crippen LogP contribution in [0.4, 0.5) is 0 Å². The normalized spacial score (nSPS) is 30.6. The molecule has 1 aliphatic heterocycles. The summed E-state index contributed by atoms with van der Waals surface area (Å²) >= 11 is 0. The molecule has 4 N–H and O–H groups in total. The number of rotatable bonds is 6. The number of Topliss-reactive ketones (excluding diaryl/α,β-unsaturated/α-hetero) is 1. The first-order valence-electron chi connectivity index (χ1n) is 7.38. The molecule has 1 heterocycles. The molecule has 1 saturated carbocycles. The van der Waals surface area contributed by atoms with E-state index in [9.17, 15) is 19.5 Å². The zero-order valence-electron chi connectivity index (χ0n) is 12.0. The van der Waals surface area contributed by atoms with Gasteiger partial charge in [0.05, 0.1) is 13.1 Å². The first-order chi connectivity index (χ1) is 9.94. The summed E-state index contributed by atoms with van der Waals surface area (Å²) in [5.41, 5.74) is 3.66. The molecule has 0 radical (unpaired) electrons. The Morgan fingerprint density at radius 1 is 1.14 bits per heavy atom. The van der Waals surface area contributed by atoms with E-state index in [0.29, 0.717) is 6.54 Å². The quantitative estimate of drug-likeness (QED) is 0.587. The average molecular weight is 298 g/mol. The van der Waals surface area contributed by atoms with Crippen LogP contribution in [0, 0.1) is 11.8 Å². The van der Waals surface area contributed by atoms with Gasteiger partial charge in [-0.15, -0.1) is 0 Å². The van der Waals surface area contributed by atoms with Crippen molar-refractivity contribution in [3.8, 4) is 0 Å². The third kappa shape index (κ3) is 2.55. The molecule has 0 aromatic heterocycles. The van der Waals surface area contributed by atoms with Gasteiger partial charge in [0.2, 0.25) is 0 Å². The number of carboxylic acid groups (broad SMARTS) is 2. The number of nitrogens with zero attached hydrogens (tertiary/aromatic N) is 1. The molecule has 2 unspecified atom stereocenters. The number of likely N-dealkylation sites (tertiary alicyclic amines) is 1. The molecule has 2 fully saturated rings. The molecule has 7 nitrogen and oxygen atoms in total. The third-order valence-corrected chi connectivity index (χ3v) is 4.93. The standard InChI is InChI=1S/C14H22N2O5/c15-6-11(17)14(13(20)21)10(7-16(14)8-12(18)19)9-4-2-1-3-5-9/h9-10H,1-8,15H2,(H,18,19)(H,20,21). The summed E-state index contributed by atoms with van der Waals surface area (Å²) in [6.07, 6.45) is 5.00. The predicted molar refractivity (Wildman–Crippen MR) is 73.7 cm³/mol. The van der Waals surface area contributed by atoms with E-state index in [1.807, 2.05) is 0 Å². The largest absolute Gasteiger partial charge is 0.480 e. The second-order valence-corrected chi connectivity index (χ2v) is 5.98. The number of carbonyl (C=O) groups excluding carboxylic acids is 1. The van der Waals surface area contributed by atoms with Gasteiger partial charge >= 0.3 is 11.9 Å². The van der Waals surface area contributed by atoms with Gasteiger partial charge in [-0.25, -0.2) is 4.79 Å². The summed E-state index contributed by atoms with van der Waals surface area (Å²) in [6.45, 7) is -0.484. The Balaban J connectivity index is 2.30. The molecule has 0 bridgehead atoms. The summed E-state index contributed by atoms with van der Waals surface area (Å²) in [5, 5.41) is 18.6. The zero-order valence-corrected chi connectivity index (χ0v) is 12.0. The van der Waals surface area contributed by atoms with Gasteiger partial charge in [0, 0.05) is 12.5 Å². The summed E-state index contributed by atoms with van der Waals surface area (Å²) in [7, 11) is 0. The van der Waals surface area contributed by atoms with Crippen LogP contribution in [0.2, 0.25) is 0 Å². The molecule has 1 saturated heterocycles. The highest BCUT2D eigenvalue weighted by Gasteiger charge is 2.65. The molecule has 118 valence electrons. The number of hydrogen-bond acceptors (Lipinski definition) is 5.